The molecule has 0 amide bonds. The fraction of sp³-hybridized carbons (Fsp3) is 0.429. The van der Waals surface area contributed by atoms with Gasteiger partial charge < -0.3 is 10.0 Å². The first-order valence-corrected chi connectivity index (χ1v) is 5.82. The van der Waals surface area contributed by atoms with Crippen LogP contribution in [0, 0.1) is 5.82 Å². The van der Waals surface area contributed by atoms with Crippen molar-refractivity contribution in [2.75, 3.05) is 18.0 Å². The van der Waals surface area contributed by atoms with Crippen molar-refractivity contribution in [1.29, 1.82) is 0 Å². The number of rotatable bonds is 5. The number of hydrogen-bond donors (Lipinski definition) is 1. The minimum absolute atomic E-state index is 0.300. The Morgan fingerprint density at radius 1 is 1.53 bits per heavy atom. The van der Waals surface area contributed by atoms with Gasteiger partial charge in [0, 0.05) is 13.1 Å². The number of halogens is 1. The van der Waals surface area contributed by atoms with E-state index in [1.807, 2.05) is 18.7 Å². The van der Waals surface area contributed by atoms with Crippen molar-refractivity contribution >= 4 is 5.69 Å². The molecule has 1 N–H and O–H groups in total. The molecule has 0 spiro atoms. The molecule has 0 radical (unpaired) electrons. The number of benzene rings is 1. The van der Waals surface area contributed by atoms with Crippen LogP contribution in [0.4, 0.5) is 10.1 Å². The highest BCUT2D eigenvalue weighted by molar-refractivity contribution is 5.50. The van der Waals surface area contributed by atoms with E-state index in [9.17, 15) is 9.50 Å². The van der Waals surface area contributed by atoms with Gasteiger partial charge in [-0.05, 0) is 38.5 Å². The van der Waals surface area contributed by atoms with E-state index in [2.05, 4.69) is 6.58 Å². The molecule has 0 aromatic heterocycles. The Hall–Kier alpha value is -1.35. The summed E-state index contributed by atoms with van der Waals surface area (Å²) in [5.74, 6) is -0.300. The minimum Gasteiger partial charge on any atom is -0.389 e. The Morgan fingerprint density at radius 3 is 2.59 bits per heavy atom. The van der Waals surface area contributed by atoms with Gasteiger partial charge in [-0.2, -0.15) is 0 Å². The lowest BCUT2D eigenvalue weighted by molar-refractivity contribution is 0.199. The first-order valence-electron chi connectivity index (χ1n) is 5.82. The fourth-order valence-electron chi connectivity index (χ4n) is 1.73. The van der Waals surface area contributed by atoms with Gasteiger partial charge in [0.25, 0.3) is 0 Å². The Bertz CT molecular complexity index is 401. The highest BCUT2D eigenvalue weighted by Crippen LogP contribution is 2.23. The minimum atomic E-state index is -0.644. The van der Waals surface area contributed by atoms with E-state index >= 15 is 0 Å². The fourth-order valence-corrected chi connectivity index (χ4v) is 1.73. The summed E-state index contributed by atoms with van der Waals surface area (Å²) in [5.41, 5.74) is 2.14. The van der Waals surface area contributed by atoms with Crippen LogP contribution in [0.5, 0.6) is 0 Å². The molecule has 0 aliphatic heterocycles. The highest BCUT2D eigenvalue weighted by atomic mass is 19.1. The Labute approximate surface area is 102 Å². The second kappa shape index (κ2) is 5.82. The first-order chi connectivity index (χ1) is 7.95. The molecule has 1 atom stereocenters. The number of likely N-dealkylation sites (N-methyl/N-ethyl adjacent to an activating group) is 1. The molecule has 94 valence electrons. The molecular weight excluding hydrogens is 217 g/mol. The molecule has 1 aromatic carbocycles. The van der Waals surface area contributed by atoms with E-state index in [-0.39, 0.29) is 5.82 Å². The van der Waals surface area contributed by atoms with Crippen LogP contribution < -0.4 is 4.90 Å². The molecule has 0 saturated carbocycles. The summed E-state index contributed by atoms with van der Waals surface area (Å²) >= 11 is 0. The third-order valence-electron chi connectivity index (χ3n) is 2.64. The zero-order valence-corrected chi connectivity index (χ0v) is 10.7. The van der Waals surface area contributed by atoms with Crippen LogP contribution in [-0.2, 0) is 0 Å². The van der Waals surface area contributed by atoms with Crippen molar-refractivity contribution in [1.82, 2.24) is 0 Å². The van der Waals surface area contributed by atoms with Crippen molar-refractivity contribution in [2.45, 2.75) is 26.9 Å². The van der Waals surface area contributed by atoms with Crippen LogP contribution in [-0.4, -0.2) is 18.2 Å². The highest BCUT2D eigenvalue weighted by Gasteiger charge is 2.12. The SMILES string of the molecule is C=C(C)CN(CC)c1ccc([C@@H](C)O)cc1F. The summed E-state index contributed by atoms with van der Waals surface area (Å²) in [6.07, 6.45) is -0.644. The smallest absolute Gasteiger partial charge is 0.146 e. The zero-order chi connectivity index (χ0) is 13.0. The summed E-state index contributed by atoms with van der Waals surface area (Å²) in [7, 11) is 0. The molecule has 0 bridgehead atoms. The van der Waals surface area contributed by atoms with Gasteiger partial charge in [-0.1, -0.05) is 18.2 Å². The Morgan fingerprint density at radius 2 is 2.18 bits per heavy atom. The molecule has 3 heteroatoms. The predicted molar refractivity (Wildman–Crippen MR) is 69.7 cm³/mol. The summed E-state index contributed by atoms with van der Waals surface area (Å²) in [6, 6.07) is 4.86. The molecule has 0 saturated heterocycles. The van der Waals surface area contributed by atoms with Gasteiger partial charge in [0.15, 0.2) is 0 Å². The van der Waals surface area contributed by atoms with E-state index in [0.29, 0.717) is 17.8 Å². The largest absolute Gasteiger partial charge is 0.389 e. The van der Waals surface area contributed by atoms with Crippen LogP contribution in [0.25, 0.3) is 0 Å². The van der Waals surface area contributed by atoms with Gasteiger partial charge >= 0.3 is 0 Å². The summed E-state index contributed by atoms with van der Waals surface area (Å²) < 4.78 is 13.9. The molecule has 1 aromatic rings. The maximum atomic E-state index is 13.9. The standard InChI is InChI=1S/C14H20FNO/c1-5-16(9-10(2)3)14-7-6-12(11(4)17)8-13(14)15/h6-8,11,17H,2,5,9H2,1,3-4H3/t11-/m1/s1. The molecule has 2 nitrogen and oxygen atoms in total. The van der Waals surface area contributed by atoms with Crippen LogP contribution in [0.2, 0.25) is 0 Å². The molecule has 17 heavy (non-hydrogen) atoms. The normalized spacial score (nSPS) is 12.3. The Kier molecular flexibility index (Phi) is 4.70. The quantitative estimate of drug-likeness (QED) is 0.794. The molecule has 0 heterocycles. The molecule has 0 unspecified atom stereocenters. The second-order valence-electron chi connectivity index (χ2n) is 4.36. The van der Waals surface area contributed by atoms with Gasteiger partial charge in [0.1, 0.15) is 5.82 Å². The monoisotopic (exact) mass is 237 g/mol. The number of aliphatic hydroxyl groups excluding tert-OH is 1. The second-order valence-corrected chi connectivity index (χ2v) is 4.36. The number of aliphatic hydroxyl groups is 1. The van der Waals surface area contributed by atoms with Gasteiger partial charge in [0.2, 0.25) is 0 Å². The van der Waals surface area contributed by atoms with Crippen molar-refractivity contribution in [3.8, 4) is 0 Å². The van der Waals surface area contributed by atoms with E-state index in [4.69, 9.17) is 0 Å². The topological polar surface area (TPSA) is 23.5 Å². The third kappa shape index (κ3) is 3.56. The first kappa shape index (κ1) is 13.7. The maximum absolute atomic E-state index is 13.9. The van der Waals surface area contributed by atoms with Crippen LogP contribution in [0.3, 0.4) is 0 Å². The van der Waals surface area contributed by atoms with Gasteiger partial charge in [-0.3, -0.25) is 0 Å². The van der Waals surface area contributed by atoms with E-state index in [1.54, 1.807) is 19.1 Å². The number of nitrogens with zero attached hydrogens (tertiary/aromatic N) is 1. The Balaban J connectivity index is 3.00. The average Bonchev–Trinajstić information content (AvgIpc) is 2.25. The molecular formula is C14H20FNO. The summed E-state index contributed by atoms with van der Waals surface area (Å²) in [4.78, 5) is 1.92. The van der Waals surface area contributed by atoms with Gasteiger partial charge in [0.05, 0.1) is 11.8 Å². The summed E-state index contributed by atoms with van der Waals surface area (Å²) in [6.45, 7) is 10.7. The molecule has 0 aliphatic carbocycles. The van der Waals surface area contributed by atoms with E-state index in [1.165, 1.54) is 6.07 Å². The van der Waals surface area contributed by atoms with E-state index < -0.39 is 6.10 Å². The van der Waals surface area contributed by atoms with Crippen molar-refractivity contribution in [2.24, 2.45) is 0 Å². The van der Waals surface area contributed by atoms with Gasteiger partial charge in [-0.25, -0.2) is 4.39 Å². The lowest BCUT2D eigenvalue weighted by atomic mass is 10.1. The van der Waals surface area contributed by atoms with E-state index in [0.717, 1.165) is 12.1 Å². The van der Waals surface area contributed by atoms with Crippen molar-refractivity contribution in [3.05, 3.63) is 41.7 Å². The van der Waals surface area contributed by atoms with Crippen molar-refractivity contribution < 1.29 is 9.50 Å². The predicted octanol–water partition coefficient (Wildman–Crippen LogP) is 3.28. The summed E-state index contributed by atoms with van der Waals surface area (Å²) in [5, 5.41) is 9.39. The molecule has 0 fully saturated rings. The maximum Gasteiger partial charge on any atom is 0.146 e. The lowest BCUT2D eigenvalue weighted by Gasteiger charge is -2.24. The van der Waals surface area contributed by atoms with Crippen molar-refractivity contribution in [3.63, 3.8) is 0 Å². The van der Waals surface area contributed by atoms with Crippen LogP contribution >= 0.6 is 0 Å². The zero-order valence-electron chi connectivity index (χ0n) is 10.7. The molecule has 0 aliphatic rings. The van der Waals surface area contributed by atoms with Crippen LogP contribution in [0.1, 0.15) is 32.4 Å². The average molecular weight is 237 g/mol. The van der Waals surface area contributed by atoms with Crippen LogP contribution in [0.15, 0.2) is 30.4 Å². The third-order valence-corrected chi connectivity index (χ3v) is 2.64. The molecule has 1 rings (SSSR count). The number of anilines is 1. The lowest BCUT2D eigenvalue weighted by Crippen LogP contribution is -2.25. The number of hydrogen-bond acceptors (Lipinski definition) is 2. The van der Waals surface area contributed by atoms with Gasteiger partial charge in [-0.15, -0.1) is 0 Å².